The molecule has 166 valence electrons. The highest BCUT2D eigenvalue weighted by atomic mass is 35.5. The quantitative estimate of drug-likeness (QED) is 0.211. The van der Waals surface area contributed by atoms with Gasteiger partial charge in [0, 0.05) is 12.5 Å². The molecule has 1 saturated heterocycles. The summed E-state index contributed by atoms with van der Waals surface area (Å²) in [7, 11) is 0. The second kappa shape index (κ2) is 12.9. The summed E-state index contributed by atoms with van der Waals surface area (Å²) < 4.78 is 0. The van der Waals surface area contributed by atoms with Crippen LogP contribution in [0, 0.1) is 5.92 Å². The molecular weight excluding hydrogens is 425 g/mol. The van der Waals surface area contributed by atoms with E-state index in [4.69, 9.17) is 33.8 Å². The Kier molecular flexibility index (Phi) is 10.6. The lowest BCUT2D eigenvalue weighted by Crippen LogP contribution is -2.58. The predicted molar refractivity (Wildman–Crippen MR) is 122 cm³/mol. The summed E-state index contributed by atoms with van der Waals surface area (Å²) in [4.78, 5) is 18.4. The first-order valence-electron chi connectivity index (χ1n) is 10.1. The summed E-state index contributed by atoms with van der Waals surface area (Å²) in [5.74, 6) is 0.448. The van der Waals surface area contributed by atoms with Gasteiger partial charge in [-0.2, -0.15) is 0 Å². The van der Waals surface area contributed by atoms with Crippen LogP contribution in [0.1, 0.15) is 33.1 Å². The summed E-state index contributed by atoms with van der Waals surface area (Å²) >= 11 is 11.9. The van der Waals surface area contributed by atoms with Crippen LogP contribution in [0.25, 0.3) is 0 Å². The van der Waals surface area contributed by atoms with Crippen molar-refractivity contribution in [3.63, 3.8) is 0 Å². The number of hydrazine groups is 1. The molecule has 0 radical (unpaired) electrons. The number of nitrogens with two attached hydrogens (primary N) is 1. The first kappa shape index (κ1) is 24.7. The molecule has 1 aliphatic rings. The fourth-order valence-corrected chi connectivity index (χ4v) is 3.55. The lowest BCUT2D eigenvalue weighted by molar-refractivity contribution is -0.126. The Morgan fingerprint density at radius 1 is 1.33 bits per heavy atom. The van der Waals surface area contributed by atoms with Gasteiger partial charge in [0.15, 0.2) is 5.75 Å². The number of carbonyl (C=O) groups is 1. The molecule has 30 heavy (non-hydrogen) atoms. The van der Waals surface area contributed by atoms with Crippen molar-refractivity contribution in [3.8, 4) is 5.75 Å². The minimum atomic E-state index is -0.499. The van der Waals surface area contributed by atoms with Crippen molar-refractivity contribution in [1.82, 2.24) is 21.6 Å². The number of hydrogen-bond acceptors (Lipinski definition) is 6. The highest BCUT2D eigenvalue weighted by Crippen LogP contribution is 2.26. The van der Waals surface area contributed by atoms with E-state index in [1.54, 1.807) is 18.2 Å². The van der Waals surface area contributed by atoms with Crippen LogP contribution in [-0.2, 0) is 4.79 Å². The molecule has 1 aromatic carbocycles. The molecule has 0 aromatic heterocycles. The summed E-state index contributed by atoms with van der Waals surface area (Å²) in [6, 6.07) is 4.41. The third kappa shape index (κ3) is 8.26. The van der Waals surface area contributed by atoms with E-state index in [0.717, 1.165) is 31.5 Å². The summed E-state index contributed by atoms with van der Waals surface area (Å²) in [6.07, 6.45) is 7.73. The Labute approximate surface area is 188 Å². The number of nitrogens with one attached hydrogen (secondary N) is 4. The average Bonchev–Trinajstić information content (AvgIpc) is 2.72. The van der Waals surface area contributed by atoms with Gasteiger partial charge in [0.25, 0.3) is 0 Å². The van der Waals surface area contributed by atoms with E-state index in [2.05, 4.69) is 21.6 Å². The summed E-state index contributed by atoms with van der Waals surface area (Å²) in [5, 5.41) is 7.04. The van der Waals surface area contributed by atoms with Gasteiger partial charge in [-0.3, -0.25) is 4.79 Å². The third-order valence-electron chi connectivity index (χ3n) is 4.85. The summed E-state index contributed by atoms with van der Waals surface area (Å²) in [5.41, 5.74) is 12.9. The Morgan fingerprint density at radius 2 is 2.07 bits per heavy atom. The van der Waals surface area contributed by atoms with Crippen molar-refractivity contribution < 1.29 is 9.63 Å². The molecule has 2 rings (SSSR count). The number of amides is 1. The number of benzene rings is 1. The van der Waals surface area contributed by atoms with Crippen LogP contribution in [0.15, 0.2) is 42.0 Å². The molecule has 1 fully saturated rings. The van der Waals surface area contributed by atoms with Gasteiger partial charge in [-0.25, -0.2) is 5.43 Å². The second-order valence-corrected chi connectivity index (χ2v) is 8.16. The van der Waals surface area contributed by atoms with Gasteiger partial charge in [0.2, 0.25) is 5.91 Å². The smallest absolute Gasteiger partial charge is 0.240 e. The van der Waals surface area contributed by atoms with E-state index in [1.165, 1.54) is 0 Å². The molecule has 0 spiro atoms. The van der Waals surface area contributed by atoms with E-state index < -0.39 is 12.2 Å². The van der Waals surface area contributed by atoms with E-state index >= 15 is 0 Å². The molecule has 0 aliphatic carbocycles. The van der Waals surface area contributed by atoms with Crippen molar-refractivity contribution in [2.24, 2.45) is 11.7 Å². The van der Waals surface area contributed by atoms with Crippen LogP contribution in [0.3, 0.4) is 0 Å². The predicted octanol–water partition coefficient (Wildman–Crippen LogP) is 3.06. The Morgan fingerprint density at radius 3 is 2.73 bits per heavy atom. The van der Waals surface area contributed by atoms with E-state index in [0.29, 0.717) is 22.2 Å². The van der Waals surface area contributed by atoms with Gasteiger partial charge in [0.1, 0.15) is 6.04 Å². The van der Waals surface area contributed by atoms with Crippen LogP contribution < -0.4 is 32.2 Å². The molecule has 1 heterocycles. The molecule has 1 aromatic rings. The van der Waals surface area contributed by atoms with E-state index in [9.17, 15) is 4.79 Å². The maximum atomic E-state index is 12.9. The lowest BCUT2D eigenvalue weighted by Gasteiger charge is -2.31. The Balaban J connectivity index is 1.95. The van der Waals surface area contributed by atoms with Gasteiger partial charge < -0.3 is 21.2 Å². The normalized spacial score (nSPS) is 17.7. The standard InChI is InChI=1S/C21H31Cl2N5O2/c1-3-4-5-14(2)12-19(24)26-21(29)20(15-8-10-25-11-9-15)27-28-30-16-6-7-17(22)18(23)13-16/h3-7,13,15,19-20,25,27-28H,8-12,24H2,1-2H3,(H,26,29)/b4-3-,14-5+. The fourth-order valence-electron chi connectivity index (χ4n) is 3.27. The van der Waals surface area contributed by atoms with Gasteiger partial charge in [-0.05, 0) is 57.8 Å². The number of hydrogen-bond donors (Lipinski definition) is 5. The highest BCUT2D eigenvalue weighted by Gasteiger charge is 2.30. The first-order valence-corrected chi connectivity index (χ1v) is 10.8. The number of allylic oxidation sites excluding steroid dienone is 3. The van der Waals surface area contributed by atoms with Gasteiger partial charge in [-0.15, -0.1) is 0 Å². The van der Waals surface area contributed by atoms with Crippen molar-refractivity contribution in [2.45, 2.75) is 45.3 Å². The van der Waals surface area contributed by atoms with Crippen LogP contribution in [0.2, 0.25) is 10.0 Å². The monoisotopic (exact) mass is 455 g/mol. The largest absolute Gasteiger partial charge is 0.394 e. The van der Waals surface area contributed by atoms with Crippen molar-refractivity contribution >= 4 is 29.1 Å². The molecule has 7 nitrogen and oxygen atoms in total. The zero-order chi connectivity index (χ0) is 21.9. The summed E-state index contributed by atoms with van der Waals surface area (Å²) in [6.45, 7) is 5.66. The maximum Gasteiger partial charge on any atom is 0.240 e. The third-order valence-corrected chi connectivity index (χ3v) is 5.59. The zero-order valence-corrected chi connectivity index (χ0v) is 18.9. The van der Waals surface area contributed by atoms with Gasteiger partial charge in [-0.1, -0.05) is 52.6 Å². The molecule has 1 aliphatic heterocycles. The topological polar surface area (TPSA) is 100 Å². The maximum absolute atomic E-state index is 12.9. The number of piperidine rings is 1. The molecule has 2 atom stereocenters. The molecule has 9 heteroatoms. The molecule has 6 N–H and O–H groups in total. The Bertz CT molecular complexity index is 751. The molecular formula is C21H31Cl2N5O2. The van der Waals surface area contributed by atoms with Crippen LogP contribution in [-0.4, -0.2) is 31.2 Å². The molecule has 0 saturated carbocycles. The number of carbonyl (C=O) groups excluding carboxylic acids is 1. The highest BCUT2D eigenvalue weighted by molar-refractivity contribution is 6.42. The van der Waals surface area contributed by atoms with Crippen molar-refractivity contribution in [3.05, 3.63) is 52.0 Å². The first-order chi connectivity index (χ1) is 14.4. The zero-order valence-electron chi connectivity index (χ0n) is 17.4. The average molecular weight is 456 g/mol. The van der Waals surface area contributed by atoms with E-state index in [1.807, 2.05) is 32.1 Å². The molecule has 0 bridgehead atoms. The molecule has 1 amide bonds. The fraction of sp³-hybridized carbons (Fsp3) is 0.476. The Hall–Kier alpha value is -1.61. The van der Waals surface area contributed by atoms with E-state index in [-0.39, 0.29) is 11.8 Å². The van der Waals surface area contributed by atoms with Crippen LogP contribution in [0.4, 0.5) is 0 Å². The van der Waals surface area contributed by atoms with Crippen molar-refractivity contribution in [2.75, 3.05) is 13.1 Å². The number of rotatable bonds is 10. The SMILES string of the molecule is C/C=C\C=C(/C)CC(N)NC(=O)C(NNOc1ccc(Cl)c(Cl)c1)C1CCNCC1. The van der Waals surface area contributed by atoms with Gasteiger partial charge in [0.05, 0.1) is 16.2 Å². The number of halogens is 2. The van der Waals surface area contributed by atoms with Crippen LogP contribution in [0.5, 0.6) is 5.75 Å². The molecule has 2 unspecified atom stereocenters. The minimum absolute atomic E-state index is 0.142. The lowest BCUT2D eigenvalue weighted by atomic mass is 9.90. The van der Waals surface area contributed by atoms with Crippen LogP contribution >= 0.6 is 23.2 Å². The minimum Gasteiger partial charge on any atom is -0.394 e. The van der Waals surface area contributed by atoms with Crippen molar-refractivity contribution in [1.29, 1.82) is 0 Å². The van der Waals surface area contributed by atoms with Gasteiger partial charge >= 0.3 is 0 Å². The second-order valence-electron chi connectivity index (χ2n) is 7.35.